The number of aliphatic hydroxyl groups is 1. The first-order chi connectivity index (χ1) is 9.24. The molecule has 1 aromatic rings. The maximum Gasteiger partial charge on any atom is 0.0915 e. The molecule has 1 atom stereocenters. The second-order valence-corrected chi connectivity index (χ2v) is 6.49. The minimum atomic E-state index is -0.655. The number of rotatable bonds is 6. The second kappa shape index (κ2) is 7.32. The lowest BCUT2D eigenvalue weighted by Crippen LogP contribution is -2.38. The molecule has 0 radical (unpaired) electrons. The highest BCUT2D eigenvalue weighted by Crippen LogP contribution is 2.33. The minimum Gasteiger partial charge on any atom is -0.387 e. The van der Waals surface area contributed by atoms with Gasteiger partial charge in [-0.3, -0.25) is 0 Å². The Labute approximate surface area is 131 Å². The van der Waals surface area contributed by atoms with E-state index in [-0.39, 0.29) is 5.54 Å². The van der Waals surface area contributed by atoms with Crippen molar-refractivity contribution in [3.63, 3.8) is 0 Å². The molecule has 0 amide bonds. The van der Waals surface area contributed by atoms with E-state index in [1.54, 1.807) is 18.2 Å². The van der Waals surface area contributed by atoms with Gasteiger partial charge in [-0.15, -0.1) is 6.58 Å². The van der Waals surface area contributed by atoms with E-state index >= 15 is 0 Å². The van der Waals surface area contributed by atoms with Crippen LogP contribution in [-0.4, -0.2) is 23.7 Å². The van der Waals surface area contributed by atoms with Gasteiger partial charge in [-0.25, -0.2) is 0 Å². The van der Waals surface area contributed by atoms with Crippen LogP contribution in [-0.2, 0) is 0 Å². The van der Waals surface area contributed by atoms with Crippen molar-refractivity contribution in [1.82, 2.24) is 5.32 Å². The second-order valence-electron chi connectivity index (χ2n) is 5.68. The van der Waals surface area contributed by atoms with Crippen LogP contribution >= 0.6 is 23.2 Å². The Morgan fingerprint density at radius 3 is 2.30 bits per heavy atom. The molecule has 3 N–H and O–H groups in total. The van der Waals surface area contributed by atoms with Crippen LogP contribution in [0.2, 0.25) is 10.0 Å². The molecule has 0 fully saturated rings. The molecule has 0 heterocycles. The summed E-state index contributed by atoms with van der Waals surface area (Å²) in [7, 11) is 0. The molecule has 0 saturated carbocycles. The summed E-state index contributed by atoms with van der Waals surface area (Å²) in [6.07, 6.45) is 1.07. The quantitative estimate of drug-likeness (QED) is 0.695. The fourth-order valence-electron chi connectivity index (χ4n) is 1.65. The predicted octanol–water partition coefficient (Wildman–Crippen LogP) is 4.01. The average Bonchev–Trinajstić information content (AvgIpc) is 2.34. The number of nitrogens with one attached hydrogen (secondary N) is 2. The van der Waals surface area contributed by atoms with Gasteiger partial charge in [0, 0.05) is 18.6 Å². The Morgan fingerprint density at radius 2 is 1.85 bits per heavy atom. The van der Waals surface area contributed by atoms with Crippen LogP contribution in [0.25, 0.3) is 0 Å². The third-order valence-corrected chi connectivity index (χ3v) is 3.29. The summed E-state index contributed by atoms with van der Waals surface area (Å²) in [4.78, 5) is 0. The molecule has 0 aliphatic heterocycles. The van der Waals surface area contributed by atoms with Crippen LogP contribution in [0.15, 0.2) is 24.8 Å². The largest absolute Gasteiger partial charge is 0.387 e. The lowest BCUT2D eigenvalue weighted by Gasteiger charge is -2.23. The van der Waals surface area contributed by atoms with Crippen molar-refractivity contribution in [2.75, 3.05) is 18.4 Å². The fraction of sp³-hybridized carbons (Fsp3) is 0.467. The van der Waals surface area contributed by atoms with Gasteiger partial charge in [0.05, 0.1) is 21.8 Å². The third-order valence-electron chi connectivity index (χ3n) is 2.70. The molecule has 1 aromatic carbocycles. The standard InChI is InChI=1S/C15H22Cl2N2O/c1-5-6-18-14-11(16)7-10(8-12(14)17)13(20)9-19-15(2,3)4/h5,7-8,13,18-20H,1,6,9H2,2-4H3. The maximum absolute atomic E-state index is 10.2. The van der Waals surface area contributed by atoms with Gasteiger partial charge in [-0.05, 0) is 38.5 Å². The number of halogens is 2. The molecule has 0 aliphatic rings. The summed E-state index contributed by atoms with van der Waals surface area (Å²) in [5.74, 6) is 0. The summed E-state index contributed by atoms with van der Waals surface area (Å²) >= 11 is 12.4. The third kappa shape index (κ3) is 5.33. The Hall–Kier alpha value is -0.740. The van der Waals surface area contributed by atoms with E-state index in [4.69, 9.17) is 23.2 Å². The first-order valence-electron chi connectivity index (χ1n) is 6.51. The van der Waals surface area contributed by atoms with E-state index < -0.39 is 6.10 Å². The smallest absolute Gasteiger partial charge is 0.0915 e. The summed E-state index contributed by atoms with van der Waals surface area (Å²) < 4.78 is 0. The van der Waals surface area contributed by atoms with E-state index in [2.05, 4.69) is 17.2 Å². The van der Waals surface area contributed by atoms with Crippen LogP contribution < -0.4 is 10.6 Å². The summed E-state index contributed by atoms with van der Waals surface area (Å²) in [6.45, 7) is 10.8. The highest BCUT2D eigenvalue weighted by molar-refractivity contribution is 6.39. The van der Waals surface area contributed by atoms with Crippen molar-refractivity contribution in [3.05, 3.63) is 40.4 Å². The number of anilines is 1. The first kappa shape index (κ1) is 17.3. The molecule has 3 nitrogen and oxygen atoms in total. The van der Waals surface area contributed by atoms with E-state index in [1.807, 2.05) is 20.8 Å². The molecule has 0 saturated heterocycles. The molecular formula is C15H22Cl2N2O. The number of β-amino-alcohol motifs (C(OH)–C–C–N with tert-alkyl or cyclic N) is 1. The van der Waals surface area contributed by atoms with Gasteiger partial charge in [0.2, 0.25) is 0 Å². The first-order valence-corrected chi connectivity index (χ1v) is 7.27. The zero-order valence-corrected chi connectivity index (χ0v) is 13.6. The van der Waals surface area contributed by atoms with E-state index in [0.29, 0.717) is 34.4 Å². The molecule has 0 bridgehead atoms. The van der Waals surface area contributed by atoms with E-state index in [1.165, 1.54) is 0 Å². The Morgan fingerprint density at radius 1 is 1.30 bits per heavy atom. The summed E-state index contributed by atoms with van der Waals surface area (Å²) in [5.41, 5.74) is 1.30. The number of aliphatic hydroxyl groups excluding tert-OH is 1. The Balaban J connectivity index is 2.84. The van der Waals surface area contributed by atoms with E-state index in [9.17, 15) is 5.11 Å². The monoisotopic (exact) mass is 316 g/mol. The molecule has 1 unspecified atom stereocenters. The van der Waals surface area contributed by atoms with E-state index in [0.717, 1.165) is 0 Å². The lowest BCUT2D eigenvalue weighted by molar-refractivity contribution is 0.163. The van der Waals surface area contributed by atoms with Gasteiger partial charge in [0.15, 0.2) is 0 Å². The SMILES string of the molecule is C=CCNc1c(Cl)cc(C(O)CNC(C)(C)C)cc1Cl. The number of benzene rings is 1. The Bertz CT molecular complexity index is 446. The predicted molar refractivity (Wildman–Crippen MR) is 87.9 cm³/mol. The average molecular weight is 317 g/mol. The Kier molecular flexibility index (Phi) is 6.34. The van der Waals surface area contributed by atoms with Crippen molar-refractivity contribution < 1.29 is 5.11 Å². The summed E-state index contributed by atoms with van der Waals surface area (Å²) in [5, 5.41) is 17.5. The number of hydrogen-bond acceptors (Lipinski definition) is 3. The van der Waals surface area contributed by atoms with Crippen molar-refractivity contribution in [3.8, 4) is 0 Å². The molecular weight excluding hydrogens is 295 g/mol. The van der Waals surface area contributed by atoms with Crippen LogP contribution in [0, 0.1) is 0 Å². The highest BCUT2D eigenvalue weighted by Gasteiger charge is 2.16. The molecule has 20 heavy (non-hydrogen) atoms. The lowest BCUT2D eigenvalue weighted by atomic mass is 10.1. The topological polar surface area (TPSA) is 44.3 Å². The fourth-order valence-corrected chi connectivity index (χ4v) is 2.29. The van der Waals surface area contributed by atoms with Gasteiger partial charge in [-0.1, -0.05) is 29.3 Å². The zero-order valence-electron chi connectivity index (χ0n) is 12.1. The van der Waals surface area contributed by atoms with Crippen LogP contribution in [0.3, 0.4) is 0 Å². The molecule has 0 spiro atoms. The van der Waals surface area contributed by atoms with Crippen molar-refractivity contribution in [2.24, 2.45) is 0 Å². The molecule has 1 rings (SSSR count). The highest BCUT2D eigenvalue weighted by atomic mass is 35.5. The van der Waals surface area contributed by atoms with Crippen LogP contribution in [0.1, 0.15) is 32.4 Å². The minimum absolute atomic E-state index is 0.0555. The molecule has 0 aliphatic carbocycles. The van der Waals surface area contributed by atoms with Crippen molar-refractivity contribution in [2.45, 2.75) is 32.4 Å². The molecule has 0 aromatic heterocycles. The normalized spacial score (nSPS) is 13.1. The van der Waals surface area contributed by atoms with Gasteiger partial charge in [-0.2, -0.15) is 0 Å². The van der Waals surface area contributed by atoms with Crippen LogP contribution in [0.4, 0.5) is 5.69 Å². The summed E-state index contributed by atoms with van der Waals surface area (Å²) in [6, 6.07) is 3.46. The van der Waals surface area contributed by atoms with Gasteiger partial charge in [0.25, 0.3) is 0 Å². The molecule has 112 valence electrons. The maximum atomic E-state index is 10.2. The van der Waals surface area contributed by atoms with Crippen LogP contribution in [0.5, 0.6) is 0 Å². The van der Waals surface area contributed by atoms with Crippen molar-refractivity contribution >= 4 is 28.9 Å². The zero-order chi connectivity index (χ0) is 15.3. The van der Waals surface area contributed by atoms with Gasteiger partial charge in [0.1, 0.15) is 0 Å². The number of hydrogen-bond donors (Lipinski definition) is 3. The van der Waals surface area contributed by atoms with Crippen molar-refractivity contribution in [1.29, 1.82) is 0 Å². The van der Waals surface area contributed by atoms with Gasteiger partial charge >= 0.3 is 0 Å². The van der Waals surface area contributed by atoms with Gasteiger partial charge < -0.3 is 15.7 Å². The molecule has 5 heteroatoms.